The van der Waals surface area contributed by atoms with E-state index in [1.807, 2.05) is 0 Å². The standard InChI is InChI=1S/C10H13NO3/c1-6-9(10(12)13)8(11-14-6)5-7-3-2-4-7/h7H,2-5H2,1H3,(H,12,13). The number of nitrogens with zero attached hydrogens (tertiary/aromatic N) is 1. The van der Waals surface area contributed by atoms with Crippen molar-refractivity contribution in [3.8, 4) is 0 Å². The second kappa shape index (κ2) is 3.44. The number of carboxylic acid groups (broad SMARTS) is 1. The number of aromatic carboxylic acids is 1. The Balaban J connectivity index is 2.19. The van der Waals surface area contributed by atoms with Gasteiger partial charge in [-0.1, -0.05) is 24.4 Å². The molecule has 0 atom stereocenters. The van der Waals surface area contributed by atoms with Crippen molar-refractivity contribution in [2.45, 2.75) is 32.6 Å². The molecule has 0 aliphatic heterocycles. The molecule has 0 saturated heterocycles. The summed E-state index contributed by atoms with van der Waals surface area (Å²) in [5.74, 6) is 0.0856. The predicted molar refractivity (Wildman–Crippen MR) is 49.2 cm³/mol. The molecule has 1 fully saturated rings. The molecule has 14 heavy (non-hydrogen) atoms. The van der Waals surface area contributed by atoms with Crippen LogP contribution in [0, 0.1) is 12.8 Å². The fourth-order valence-corrected chi connectivity index (χ4v) is 1.80. The molecule has 1 aliphatic carbocycles. The number of hydrogen-bond acceptors (Lipinski definition) is 3. The summed E-state index contributed by atoms with van der Waals surface area (Å²) in [5, 5.41) is 12.7. The van der Waals surface area contributed by atoms with Crippen LogP contribution < -0.4 is 0 Å². The molecule has 2 rings (SSSR count). The Kier molecular flexibility index (Phi) is 2.27. The van der Waals surface area contributed by atoms with Gasteiger partial charge in [-0.05, 0) is 19.3 Å². The van der Waals surface area contributed by atoms with Crippen molar-refractivity contribution in [3.05, 3.63) is 17.0 Å². The first-order chi connectivity index (χ1) is 6.68. The maximum absolute atomic E-state index is 10.9. The van der Waals surface area contributed by atoms with E-state index in [0.29, 0.717) is 17.4 Å². The minimum atomic E-state index is -0.932. The van der Waals surface area contributed by atoms with Gasteiger partial charge in [0.15, 0.2) is 0 Å². The van der Waals surface area contributed by atoms with Crippen molar-refractivity contribution in [2.24, 2.45) is 5.92 Å². The van der Waals surface area contributed by atoms with Gasteiger partial charge in [0.25, 0.3) is 0 Å². The quantitative estimate of drug-likeness (QED) is 0.801. The fraction of sp³-hybridized carbons (Fsp3) is 0.600. The molecule has 1 aliphatic rings. The number of aromatic nitrogens is 1. The molecule has 0 spiro atoms. The Morgan fingerprint density at radius 1 is 1.64 bits per heavy atom. The van der Waals surface area contributed by atoms with Gasteiger partial charge < -0.3 is 9.63 Å². The maximum atomic E-state index is 10.9. The average Bonchev–Trinajstić information content (AvgIpc) is 2.39. The van der Waals surface area contributed by atoms with Gasteiger partial charge in [-0.25, -0.2) is 4.79 Å². The summed E-state index contributed by atoms with van der Waals surface area (Å²) in [4.78, 5) is 10.9. The molecular formula is C10H13NO3. The Morgan fingerprint density at radius 3 is 2.86 bits per heavy atom. The third-order valence-electron chi connectivity index (χ3n) is 2.85. The number of aryl methyl sites for hydroxylation is 1. The van der Waals surface area contributed by atoms with Crippen LogP contribution in [0.15, 0.2) is 4.52 Å². The van der Waals surface area contributed by atoms with Gasteiger partial charge in [0.05, 0.1) is 5.69 Å². The highest BCUT2D eigenvalue weighted by molar-refractivity contribution is 5.89. The molecule has 76 valence electrons. The highest BCUT2D eigenvalue weighted by atomic mass is 16.5. The van der Waals surface area contributed by atoms with Crippen LogP contribution in [0.1, 0.15) is 41.1 Å². The fourth-order valence-electron chi connectivity index (χ4n) is 1.80. The summed E-state index contributed by atoms with van der Waals surface area (Å²) < 4.78 is 4.90. The lowest BCUT2D eigenvalue weighted by Gasteiger charge is -2.24. The van der Waals surface area contributed by atoms with Crippen LogP contribution in [-0.2, 0) is 6.42 Å². The van der Waals surface area contributed by atoms with E-state index in [0.717, 1.165) is 6.42 Å². The van der Waals surface area contributed by atoms with Crippen LogP contribution >= 0.6 is 0 Å². The van der Waals surface area contributed by atoms with Crippen molar-refractivity contribution >= 4 is 5.97 Å². The van der Waals surface area contributed by atoms with Gasteiger partial charge in [-0.3, -0.25) is 0 Å². The second-order valence-corrected chi connectivity index (χ2v) is 3.87. The van der Waals surface area contributed by atoms with Crippen LogP contribution in [0.4, 0.5) is 0 Å². The van der Waals surface area contributed by atoms with E-state index in [1.54, 1.807) is 6.92 Å². The topological polar surface area (TPSA) is 63.3 Å². The van der Waals surface area contributed by atoms with E-state index in [-0.39, 0.29) is 5.56 Å². The summed E-state index contributed by atoms with van der Waals surface area (Å²) in [5.41, 5.74) is 0.872. The summed E-state index contributed by atoms with van der Waals surface area (Å²) in [7, 11) is 0. The van der Waals surface area contributed by atoms with E-state index in [9.17, 15) is 4.79 Å². The van der Waals surface area contributed by atoms with Crippen LogP contribution in [0.2, 0.25) is 0 Å². The molecule has 1 aromatic rings. The number of hydrogen-bond donors (Lipinski definition) is 1. The lowest BCUT2D eigenvalue weighted by molar-refractivity contribution is 0.0693. The molecule has 1 saturated carbocycles. The molecule has 4 heteroatoms. The summed E-state index contributed by atoms with van der Waals surface area (Å²) in [6, 6.07) is 0. The predicted octanol–water partition coefficient (Wildman–Crippen LogP) is 2.02. The van der Waals surface area contributed by atoms with Gasteiger partial charge in [0, 0.05) is 0 Å². The zero-order chi connectivity index (χ0) is 10.1. The van der Waals surface area contributed by atoms with Gasteiger partial charge in [-0.15, -0.1) is 0 Å². The van der Waals surface area contributed by atoms with Crippen LogP contribution in [0.3, 0.4) is 0 Å². The summed E-state index contributed by atoms with van der Waals surface area (Å²) in [6.45, 7) is 1.64. The van der Waals surface area contributed by atoms with Crippen molar-refractivity contribution < 1.29 is 14.4 Å². The highest BCUT2D eigenvalue weighted by Gasteiger charge is 2.25. The molecule has 1 heterocycles. The van der Waals surface area contributed by atoms with Gasteiger partial charge in [0.2, 0.25) is 0 Å². The van der Waals surface area contributed by atoms with Crippen LogP contribution in [-0.4, -0.2) is 16.2 Å². The Labute approximate surface area is 81.9 Å². The third-order valence-corrected chi connectivity index (χ3v) is 2.85. The van der Waals surface area contributed by atoms with Crippen molar-refractivity contribution in [2.75, 3.05) is 0 Å². The molecule has 0 aromatic carbocycles. The first-order valence-electron chi connectivity index (χ1n) is 4.87. The van der Waals surface area contributed by atoms with Crippen molar-refractivity contribution in [3.63, 3.8) is 0 Å². The number of carbonyl (C=O) groups is 1. The molecule has 4 nitrogen and oxygen atoms in total. The van der Waals surface area contributed by atoms with Crippen LogP contribution in [0.25, 0.3) is 0 Å². The zero-order valence-electron chi connectivity index (χ0n) is 8.12. The zero-order valence-corrected chi connectivity index (χ0v) is 8.12. The van der Waals surface area contributed by atoms with E-state index in [4.69, 9.17) is 9.63 Å². The normalized spacial score (nSPS) is 16.6. The Bertz CT molecular complexity index is 352. The highest BCUT2D eigenvalue weighted by Crippen LogP contribution is 2.30. The molecule has 0 radical (unpaired) electrons. The van der Waals surface area contributed by atoms with E-state index < -0.39 is 5.97 Å². The Morgan fingerprint density at radius 2 is 2.36 bits per heavy atom. The molecule has 1 aromatic heterocycles. The van der Waals surface area contributed by atoms with E-state index in [1.165, 1.54) is 19.3 Å². The first-order valence-corrected chi connectivity index (χ1v) is 4.87. The van der Waals surface area contributed by atoms with Gasteiger partial charge in [0.1, 0.15) is 11.3 Å². The molecule has 0 bridgehead atoms. The molecular weight excluding hydrogens is 182 g/mol. The average molecular weight is 195 g/mol. The monoisotopic (exact) mass is 195 g/mol. The molecule has 0 amide bonds. The molecule has 0 unspecified atom stereocenters. The van der Waals surface area contributed by atoms with Crippen LogP contribution in [0.5, 0.6) is 0 Å². The lowest BCUT2D eigenvalue weighted by Crippen LogP contribution is -2.15. The third kappa shape index (κ3) is 1.52. The smallest absolute Gasteiger partial charge is 0.341 e. The first kappa shape index (κ1) is 9.24. The SMILES string of the molecule is Cc1onc(CC2CCC2)c1C(=O)O. The summed E-state index contributed by atoms with van der Waals surface area (Å²) in [6.07, 6.45) is 4.37. The summed E-state index contributed by atoms with van der Waals surface area (Å²) >= 11 is 0. The van der Waals surface area contributed by atoms with Crippen molar-refractivity contribution in [1.29, 1.82) is 0 Å². The lowest BCUT2D eigenvalue weighted by atomic mass is 9.81. The van der Waals surface area contributed by atoms with Crippen molar-refractivity contribution in [1.82, 2.24) is 5.16 Å². The number of carboxylic acids is 1. The van der Waals surface area contributed by atoms with Gasteiger partial charge >= 0.3 is 5.97 Å². The minimum Gasteiger partial charge on any atom is -0.477 e. The molecule has 1 N–H and O–H groups in total. The second-order valence-electron chi connectivity index (χ2n) is 3.87. The van der Waals surface area contributed by atoms with E-state index in [2.05, 4.69) is 5.16 Å². The Hall–Kier alpha value is -1.32. The minimum absolute atomic E-state index is 0.261. The number of rotatable bonds is 3. The largest absolute Gasteiger partial charge is 0.477 e. The van der Waals surface area contributed by atoms with Gasteiger partial charge in [-0.2, -0.15) is 0 Å². The maximum Gasteiger partial charge on any atom is 0.341 e. The van der Waals surface area contributed by atoms with E-state index >= 15 is 0 Å².